The molecule has 0 aliphatic carbocycles. The van der Waals surface area contributed by atoms with Gasteiger partial charge in [-0.2, -0.15) is 5.26 Å². The van der Waals surface area contributed by atoms with Crippen molar-refractivity contribution in [2.24, 2.45) is 0 Å². The average molecular weight is 178 g/mol. The average Bonchev–Trinajstić information content (AvgIpc) is 2.30. The minimum atomic E-state index is 0.575. The van der Waals surface area contributed by atoms with E-state index in [1.165, 1.54) is 0 Å². The van der Waals surface area contributed by atoms with Crippen molar-refractivity contribution in [3.8, 4) is 17.2 Å². The maximum absolute atomic E-state index is 8.73. The Kier molecular flexibility index (Phi) is 2.29. The molecule has 65 valence electrons. The van der Waals surface area contributed by atoms with Crippen LogP contribution in [0.25, 0.3) is 11.1 Å². The van der Waals surface area contributed by atoms with E-state index in [4.69, 9.17) is 5.26 Å². The molecule has 1 heteroatoms. The summed E-state index contributed by atoms with van der Waals surface area (Å²) in [6, 6.07) is 20.6. The molecule has 0 bridgehead atoms. The number of nitrogens with zero attached hydrogens (tertiary/aromatic N) is 1. The Hall–Kier alpha value is -2.07. The number of rotatable bonds is 1. The Labute approximate surface area is 83.2 Å². The number of nitriles is 1. The summed E-state index contributed by atoms with van der Waals surface area (Å²) in [5, 5.41) is 8.73. The van der Waals surface area contributed by atoms with E-state index >= 15 is 0 Å². The molecule has 14 heavy (non-hydrogen) atoms. The Morgan fingerprint density at radius 2 is 1.71 bits per heavy atom. The minimum Gasteiger partial charge on any atom is -0.192 e. The monoisotopic (exact) mass is 178 g/mol. The fraction of sp³-hybridized carbons (Fsp3) is 0. The predicted octanol–water partition coefficient (Wildman–Crippen LogP) is 3.03. The summed E-state index contributed by atoms with van der Waals surface area (Å²) in [5.74, 6) is 0. The molecule has 2 aromatic rings. The van der Waals surface area contributed by atoms with Crippen LogP contribution in [0.2, 0.25) is 0 Å². The second kappa shape index (κ2) is 3.76. The highest BCUT2D eigenvalue weighted by Gasteiger charge is 1.97. The number of hydrogen-bond acceptors (Lipinski definition) is 1. The van der Waals surface area contributed by atoms with Gasteiger partial charge in [0.15, 0.2) is 0 Å². The third-order valence-electron chi connectivity index (χ3n) is 2.00. The quantitative estimate of drug-likeness (QED) is 0.658. The third kappa shape index (κ3) is 1.65. The number of hydrogen-bond donors (Lipinski definition) is 0. The van der Waals surface area contributed by atoms with Crippen LogP contribution in [0.1, 0.15) is 5.56 Å². The van der Waals surface area contributed by atoms with E-state index in [9.17, 15) is 0 Å². The van der Waals surface area contributed by atoms with Gasteiger partial charge in [0.25, 0.3) is 0 Å². The molecule has 0 unspecified atom stereocenters. The molecular weight excluding hydrogens is 170 g/mol. The third-order valence-corrected chi connectivity index (χ3v) is 2.00. The van der Waals surface area contributed by atoms with Crippen molar-refractivity contribution in [2.45, 2.75) is 0 Å². The standard InChI is InChI=1S/C13H8N/c14-10-11-5-4-8-13(9-11)12-6-2-1-3-7-12/h1-8H. The van der Waals surface area contributed by atoms with Gasteiger partial charge < -0.3 is 0 Å². The second-order valence-corrected chi connectivity index (χ2v) is 2.96. The largest absolute Gasteiger partial charge is 0.192 e. The molecule has 0 aromatic heterocycles. The van der Waals surface area contributed by atoms with E-state index in [1.807, 2.05) is 42.5 Å². The second-order valence-electron chi connectivity index (χ2n) is 2.96. The Morgan fingerprint density at radius 1 is 0.929 bits per heavy atom. The van der Waals surface area contributed by atoms with Crippen LogP contribution in [0.3, 0.4) is 0 Å². The van der Waals surface area contributed by atoms with E-state index < -0.39 is 0 Å². The molecule has 0 heterocycles. The van der Waals surface area contributed by atoms with Crippen molar-refractivity contribution >= 4 is 0 Å². The van der Waals surface area contributed by atoms with Crippen molar-refractivity contribution < 1.29 is 0 Å². The fourth-order valence-electron chi connectivity index (χ4n) is 1.32. The molecular formula is C13H8N. The van der Waals surface area contributed by atoms with Gasteiger partial charge in [-0.1, -0.05) is 42.5 Å². The zero-order valence-electron chi connectivity index (χ0n) is 7.57. The first-order valence-electron chi connectivity index (χ1n) is 4.38. The first-order valence-corrected chi connectivity index (χ1v) is 4.38. The van der Waals surface area contributed by atoms with E-state index in [0.717, 1.165) is 11.1 Å². The molecule has 2 rings (SSSR count). The summed E-state index contributed by atoms with van der Waals surface area (Å²) in [7, 11) is 0. The van der Waals surface area contributed by atoms with Gasteiger partial charge in [0.05, 0.1) is 11.6 Å². The van der Waals surface area contributed by atoms with E-state index in [1.54, 1.807) is 6.07 Å². The lowest BCUT2D eigenvalue weighted by molar-refractivity contribution is 1.48. The Balaban J connectivity index is 2.49. The molecule has 0 aliphatic heterocycles. The smallest absolute Gasteiger partial charge is 0.0998 e. The van der Waals surface area contributed by atoms with Crippen LogP contribution in [-0.4, -0.2) is 0 Å². The summed E-state index contributed by atoms with van der Waals surface area (Å²) in [5.41, 5.74) is 2.63. The van der Waals surface area contributed by atoms with Crippen molar-refractivity contribution in [1.29, 1.82) is 5.26 Å². The fourth-order valence-corrected chi connectivity index (χ4v) is 1.32. The predicted molar refractivity (Wildman–Crippen MR) is 55.4 cm³/mol. The lowest BCUT2D eigenvalue weighted by atomic mass is 10.0. The molecule has 0 saturated carbocycles. The highest BCUT2D eigenvalue weighted by Crippen LogP contribution is 2.18. The first-order chi connectivity index (χ1) is 6.90. The van der Waals surface area contributed by atoms with Gasteiger partial charge in [-0.15, -0.1) is 0 Å². The molecule has 0 spiro atoms. The van der Waals surface area contributed by atoms with Gasteiger partial charge >= 0.3 is 0 Å². The molecule has 0 atom stereocenters. The summed E-state index contributed by atoms with van der Waals surface area (Å²) < 4.78 is 0. The van der Waals surface area contributed by atoms with Crippen LogP contribution in [0.15, 0.2) is 48.5 Å². The van der Waals surface area contributed by atoms with Gasteiger partial charge in [-0.05, 0) is 17.2 Å². The van der Waals surface area contributed by atoms with Crippen LogP contribution in [0.5, 0.6) is 0 Å². The molecule has 1 radical (unpaired) electrons. The Morgan fingerprint density at radius 3 is 2.43 bits per heavy atom. The van der Waals surface area contributed by atoms with Gasteiger partial charge in [0.2, 0.25) is 0 Å². The molecule has 2 aromatic carbocycles. The molecule has 0 aliphatic rings. The first kappa shape index (κ1) is 8.52. The van der Waals surface area contributed by atoms with E-state index in [2.05, 4.69) is 12.1 Å². The highest BCUT2D eigenvalue weighted by molar-refractivity contribution is 5.64. The zero-order valence-corrected chi connectivity index (χ0v) is 7.57. The summed E-state index contributed by atoms with van der Waals surface area (Å²) >= 11 is 0. The summed E-state index contributed by atoms with van der Waals surface area (Å²) in [6.07, 6.45) is 0. The molecule has 0 amide bonds. The Bertz CT molecular complexity index is 466. The van der Waals surface area contributed by atoms with Crippen LogP contribution < -0.4 is 0 Å². The molecule has 0 fully saturated rings. The maximum atomic E-state index is 8.73. The lowest BCUT2D eigenvalue weighted by Gasteiger charge is -1.99. The molecule has 1 nitrogen and oxygen atoms in total. The van der Waals surface area contributed by atoms with Crippen LogP contribution in [-0.2, 0) is 0 Å². The van der Waals surface area contributed by atoms with E-state index in [-0.39, 0.29) is 0 Å². The van der Waals surface area contributed by atoms with Gasteiger partial charge in [-0.3, -0.25) is 0 Å². The van der Waals surface area contributed by atoms with E-state index in [0.29, 0.717) is 5.56 Å². The summed E-state index contributed by atoms with van der Waals surface area (Å²) in [6.45, 7) is 0. The summed E-state index contributed by atoms with van der Waals surface area (Å²) in [4.78, 5) is 0. The van der Waals surface area contributed by atoms with Crippen molar-refractivity contribution in [3.05, 3.63) is 60.2 Å². The van der Waals surface area contributed by atoms with Gasteiger partial charge in [0, 0.05) is 6.07 Å². The van der Waals surface area contributed by atoms with Gasteiger partial charge in [-0.25, -0.2) is 0 Å². The van der Waals surface area contributed by atoms with Crippen LogP contribution in [0, 0.1) is 17.4 Å². The topological polar surface area (TPSA) is 23.8 Å². The lowest BCUT2D eigenvalue weighted by Crippen LogP contribution is -1.79. The number of benzene rings is 2. The SMILES string of the molecule is N#Cc1[c]c(-c2ccccc2)ccc1. The van der Waals surface area contributed by atoms with Crippen LogP contribution in [0.4, 0.5) is 0 Å². The van der Waals surface area contributed by atoms with Crippen molar-refractivity contribution in [3.63, 3.8) is 0 Å². The van der Waals surface area contributed by atoms with Gasteiger partial charge in [0.1, 0.15) is 0 Å². The van der Waals surface area contributed by atoms with Crippen molar-refractivity contribution in [1.82, 2.24) is 0 Å². The molecule has 0 N–H and O–H groups in total. The highest BCUT2D eigenvalue weighted by atomic mass is 14.2. The normalized spacial score (nSPS) is 9.36. The van der Waals surface area contributed by atoms with Crippen molar-refractivity contribution in [2.75, 3.05) is 0 Å². The zero-order chi connectivity index (χ0) is 9.80. The molecule has 0 saturated heterocycles. The minimum absolute atomic E-state index is 0.575. The van der Waals surface area contributed by atoms with Crippen LogP contribution >= 0.6 is 0 Å². The maximum Gasteiger partial charge on any atom is 0.0998 e.